The molecule has 0 aliphatic rings. The summed E-state index contributed by atoms with van der Waals surface area (Å²) in [5, 5.41) is 4.49. The molecular formula is C19H15Cl2N3O2. The van der Waals surface area contributed by atoms with E-state index in [0.717, 1.165) is 5.39 Å². The van der Waals surface area contributed by atoms with Crippen molar-refractivity contribution >= 4 is 57.3 Å². The van der Waals surface area contributed by atoms with Crippen molar-refractivity contribution in [1.82, 2.24) is 4.98 Å². The number of carbonyl (C=O) groups excluding carboxylic acids is 2. The minimum absolute atomic E-state index is 0.171. The molecule has 5 nitrogen and oxygen atoms in total. The zero-order valence-electron chi connectivity index (χ0n) is 13.9. The summed E-state index contributed by atoms with van der Waals surface area (Å²) in [6.07, 6.45) is 1.66. The van der Waals surface area contributed by atoms with Crippen LogP contribution in [0.4, 0.5) is 11.4 Å². The van der Waals surface area contributed by atoms with Crippen molar-refractivity contribution in [2.24, 2.45) is 0 Å². The molecule has 3 aromatic rings. The Hall–Kier alpha value is -2.63. The first kappa shape index (κ1) is 18.2. The van der Waals surface area contributed by atoms with Gasteiger partial charge in [-0.3, -0.25) is 14.6 Å². The van der Waals surface area contributed by atoms with Gasteiger partial charge in [0.2, 0.25) is 11.8 Å². The van der Waals surface area contributed by atoms with Crippen LogP contribution in [0.1, 0.15) is 6.92 Å². The summed E-state index contributed by atoms with van der Waals surface area (Å²) in [4.78, 5) is 30.1. The number of fused-ring (bicyclic) bond motifs is 1. The maximum Gasteiger partial charge on any atom is 0.244 e. The third-order valence-electron chi connectivity index (χ3n) is 3.75. The van der Waals surface area contributed by atoms with Crippen LogP contribution in [-0.2, 0) is 9.59 Å². The SMILES string of the molecule is CC(=O)N(CC(=O)Nc1cccc2cccnc12)c1cc(Cl)cc(Cl)c1. The molecule has 1 aromatic heterocycles. The number of para-hydroxylation sites is 1. The van der Waals surface area contributed by atoms with Crippen LogP contribution in [0.3, 0.4) is 0 Å². The highest BCUT2D eigenvalue weighted by atomic mass is 35.5. The van der Waals surface area contributed by atoms with Crippen molar-refractivity contribution in [3.8, 4) is 0 Å². The summed E-state index contributed by atoms with van der Waals surface area (Å²) < 4.78 is 0. The number of carbonyl (C=O) groups is 2. The number of aromatic nitrogens is 1. The van der Waals surface area contributed by atoms with E-state index in [9.17, 15) is 9.59 Å². The van der Waals surface area contributed by atoms with Gasteiger partial charge in [0.25, 0.3) is 0 Å². The van der Waals surface area contributed by atoms with E-state index >= 15 is 0 Å². The molecule has 0 radical (unpaired) electrons. The zero-order valence-corrected chi connectivity index (χ0v) is 15.4. The Morgan fingerprint density at radius 2 is 1.77 bits per heavy atom. The maximum atomic E-state index is 12.5. The van der Waals surface area contributed by atoms with Gasteiger partial charge in [0, 0.05) is 34.2 Å². The van der Waals surface area contributed by atoms with Crippen molar-refractivity contribution < 1.29 is 9.59 Å². The number of halogens is 2. The van der Waals surface area contributed by atoms with E-state index in [2.05, 4.69) is 10.3 Å². The van der Waals surface area contributed by atoms with Gasteiger partial charge in [0.05, 0.1) is 11.2 Å². The van der Waals surface area contributed by atoms with Crippen molar-refractivity contribution in [2.75, 3.05) is 16.8 Å². The minimum Gasteiger partial charge on any atom is -0.323 e. The number of amides is 2. The van der Waals surface area contributed by atoms with E-state index < -0.39 is 0 Å². The second-order valence-corrected chi connectivity index (χ2v) is 6.53. The number of hydrogen-bond donors (Lipinski definition) is 1. The fraction of sp³-hybridized carbons (Fsp3) is 0.105. The standard InChI is InChI=1S/C19H15Cl2N3O2/c1-12(25)24(16-9-14(20)8-15(21)10-16)11-18(26)23-17-6-2-4-13-5-3-7-22-19(13)17/h2-10H,11H2,1H3,(H,23,26). The van der Waals surface area contributed by atoms with Gasteiger partial charge in [-0.2, -0.15) is 0 Å². The fourth-order valence-electron chi connectivity index (χ4n) is 2.62. The second-order valence-electron chi connectivity index (χ2n) is 5.66. The van der Waals surface area contributed by atoms with Crippen molar-refractivity contribution in [2.45, 2.75) is 6.92 Å². The first-order chi connectivity index (χ1) is 12.4. The van der Waals surface area contributed by atoms with Crippen LogP contribution in [0.5, 0.6) is 0 Å². The van der Waals surface area contributed by atoms with E-state index in [-0.39, 0.29) is 18.4 Å². The number of anilines is 2. The summed E-state index contributed by atoms with van der Waals surface area (Å²) in [6.45, 7) is 1.21. The molecule has 132 valence electrons. The molecule has 0 saturated carbocycles. The molecule has 1 N–H and O–H groups in total. The molecule has 2 amide bonds. The average molecular weight is 388 g/mol. The number of hydrogen-bond acceptors (Lipinski definition) is 3. The van der Waals surface area contributed by atoms with Gasteiger partial charge in [-0.1, -0.05) is 41.4 Å². The van der Waals surface area contributed by atoms with Crippen molar-refractivity contribution in [3.05, 3.63) is 64.8 Å². The third-order valence-corrected chi connectivity index (χ3v) is 4.18. The molecule has 26 heavy (non-hydrogen) atoms. The molecule has 2 aromatic carbocycles. The number of nitrogens with one attached hydrogen (secondary N) is 1. The Bertz CT molecular complexity index is 966. The zero-order chi connectivity index (χ0) is 18.7. The van der Waals surface area contributed by atoms with E-state index in [1.807, 2.05) is 24.3 Å². The molecule has 3 rings (SSSR count). The van der Waals surface area contributed by atoms with Gasteiger partial charge < -0.3 is 10.2 Å². The Kier molecular flexibility index (Phi) is 5.40. The van der Waals surface area contributed by atoms with Crippen molar-refractivity contribution in [1.29, 1.82) is 0 Å². The lowest BCUT2D eigenvalue weighted by atomic mass is 10.2. The van der Waals surface area contributed by atoms with Gasteiger partial charge in [-0.15, -0.1) is 0 Å². The quantitative estimate of drug-likeness (QED) is 0.714. The highest BCUT2D eigenvalue weighted by molar-refractivity contribution is 6.35. The molecule has 7 heteroatoms. The molecule has 0 fully saturated rings. The van der Waals surface area contributed by atoms with E-state index in [1.165, 1.54) is 11.8 Å². The number of benzene rings is 2. The van der Waals surface area contributed by atoms with Gasteiger partial charge in [-0.25, -0.2) is 0 Å². The predicted molar refractivity (Wildman–Crippen MR) is 105 cm³/mol. The number of rotatable bonds is 4. The van der Waals surface area contributed by atoms with E-state index in [4.69, 9.17) is 23.2 Å². The summed E-state index contributed by atoms with van der Waals surface area (Å²) >= 11 is 12.0. The maximum absolute atomic E-state index is 12.5. The minimum atomic E-state index is -0.352. The molecule has 1 heterocycles. The lowest BCUT2D eigenvalue weighted by molar-refractivity contribution is -0.120. The molecule has 0 saturated heterocycles. The van der Waals surface area contributed by atoms with E-state index in [1.54, 1.807) is 30.5 Å². The summed E-state index contributed by atoms with van der Waals surface area (Å²) in [5.74, 6) is -0.649. The highest BCUT2D eigenvalue weighted by Gasteiger charge is 2.17. The van der Waals surface area contributed by atoms with Crippen LogP contribution < -0.4 is 10.2 Å². The number of nitrogens with zero attached hydrogens (tertiary/aromatic N) is 2. The fourth-order valence-corrected chi connectivity index (χ4v) is 3.13. The monoisotopic (exact) mass is 387 g/mol. The molecule has 0 aliphatic carbocycles. The van der Waals surface area contributed by atoms with Gasteiger partial charge in [-0.05, 0) is 30.3 Å². The molecule has 0 spiro atoms. The Morgan fingerprint density at radius 3 is 2.46 bits per heavy atom. The first-order valence-electron chi connectivity index (χ1n) is 7.82. The molecular weight excluding hydrogens is 373 g/mol. The molecule has 0 unspecified atom stereocenters. The molecule has 0 aliphatic heterocycles. The summed E-state index contributed by atoms with van der Waals surface area (Å²) in [7, 11) is 0. The Labute approximate surface area is 160 Å². The summed E-state index contributed by atoms with van der Waals surface area (Å²) in [5.41, 5.74) is 1.73. The lowest BCUT2D eigenvalue weighted by Crippen LogP contribution is -2.36. The third kappa shape index (κ3) is 4.12. The van der Waals surface area contributed by atoms with Crippen LogP contribution in [0.25, 0.3) is 10.9 Å². The van der Waals surface area contributed by atoms with Crippen LogP contribution in [0, 0.1) is 0 Å². The Balaban J connectivity index is 1.83. The van der Waals surface area contributed by atoms with Gasteiger partial charge in [0.1, 0.15) is 6.54 Å². The normalized spacial score (nSPS) is 10.6. The van der Waals surface area contributed by atoms with Crippen LogP contribution in [-0.4, -0.2) is 23.3 Å². The predicted octanol–water partition coefficient (Wildman–Crippen LogP) is 4.53. The lowest BCUT2D eigenvalue weighted by Gasteiger charge is -2.21. The van der Waals surface area contributed by atoms with Gasteiger partial charge >= 0.3 is 0 Å². The number of pyridine rings is 1. The van der Waals surface area contributed by atoms with Crippen LogP contribution in [0.15, 0.2) is 54.7 Å². The van der Waals surface area contributed by atoms with Crippen molar-refractivity contribution in [3.63, 3.8) is 0 Å². The molecule has 0 atom stereocenters. The largest absolute Gasteiger partial charge is 0.323 e. The second kappa shape index (κ2) is 7.72. The summed E-state index contributed by atoms with van der Waals surface area (Å²) in [6, 6.07) is 14.0. The smallest absolute Gasteiger partial charge is 0.244 e. The Morgan fingerprint density at radius 1 is 1.08 bits per heavy atom. The topological polar surface area (TPSA) is 62.3 Å². The average Bonchev–Trinajstić information content (AvgIpc) is 2.59. The van der Waals surface area contributed by atoms with Gasteiger partial charge in [0.15, 0.2) is 0 Å². The highest BCUT2D eigenvalue weighted by Crippen LogP contribution is 2.26. The van der Waals surface area contributed by atoms with E-state index in [0.29, 0.717) is 26.9 Å². The van der Waals surface area contributed by atoms with Crippen LogP contribution >= 0.6 is 23.2 Å². The van der Waals surface area contributed by atoms with Crippen LogP contribution in [0.2, 0.25) is 10.0 Å². The molecule has 0 bridgehead atoms. The first-order valence-corrected chi connectivity index (χ1v) is 8.57.